The summed E-state index contributed by atoms with van der Waals surface area (Å²) in [6.07, 6.45) is -9.44. The maximum Gasteiger partial charge on any atom is 0.400 e. The van der Waals surface area contributed by atoms with Crippen LogP contribution in [0.3, 0.4) is 0 Å². The van der Waals surface area contributed by atoms with Crippen LogP contribution in [0.2, 0.25) is 0 Å². The monoisotopic (exact) mass is 368 g/mol. The predicted octanol–water partition coefficient (Wildman–Crippen LogP) is 5.02. The zero-order valence-electron chi connectivity index (χ0n) is 13.9. The van der Waals surface area contributed by atoms with E-state index < -0.39 is 31.3 Å². The molecule has 0 N–H and O–H groups in total. The highest BCUT2D eigenvalue weighted by Crippen LogP contribution is 2.41. The second kappa shape index (κ2) is 6.76. The van der Waals surface area contributed by atoms with Gasteiger partial charge in [0.05, 0.1) is 12.3 Å². The predicted molar refractivity (Wildman–Crippen MR) is 79.8 cm³/mol. The molecule has 2 aromatic rings. The van der Waals surface area contributed by atoms with Gasteiger partial charge in [0.2, 0.25) is 0 Å². The van der Waals surface area contributed by atoms with Gasteiger partial charge in [-0.15, -0.1) is 0 Å². The van der Waals surface area contributed by atoms with E-state index in [0.29, 0.717) is 12.1 Å². The van der Waals surface area contributed by atoms with Crippen molar-refractivity contribution in [2.45, 2.75) is 46.0 Å². The summed E-state index contributed by atoms with van der Waals surface area (Å²) in [6, 6.07) is 1.55. The number of pyridine rings is 1. The van der Waals surface area contributed by atoms with Crippen molar-refractivity contribution < 1.29 is 31.1 Å². The Morgan fingerprint density at radius 2 is 1.72 bits per heavy atom. The summed E-state index contributed by atoms with van der Waals surface area (Å²) in [7, 11) is 0. The van der Waals surface area contributed by atoms with Gasteiger partial charge in [0.15, 0.2) is 17.3 Å². The first kappa shape index (κ1) is 19.4. The molecule has 0 atom stereocenters. The van der Waals surface area contributed by atoms with Gasteiger partial charge in [-0.3, -0.25) is 0 Å². The van der Waals surface area contributed by atoms with Gasteiger partial charge in [0.25, 0.3) is 0 Å². The fourth-order valence-corrected chi connectivity index (χ4v) is 2.74. The standard InChI is InChI=1S/C16H18F6N2O/c1-4-11-10(3)23-14-12(7-9(2)8-24(11)14)25-6-5-13(15(17,18)19)16(20,21)22/h7-8,13H,4-6H2,1-3H3. The summed E-state index contributed by atoms with van der Waals surface area (Å²) in [4.78, 5) is 4.31. The number of halogens is 6. The Bertz CT molecular complexity index is 734. The van der Waals surface area contributed by atoms with Crippen LogP contribution in [0.1, 0.15) is 30.3 Å². The first-order valence-corrected chi connectivity index (χ1v) is 7.69. The van der Waals surface area contributed by atoms with Crippen LogP contribution in [-0.4, -0.2) is 28.3 Å². The number of nitrogens with zero attached hydrogens (tertiary/aromatic N) is 2. The van der Waals surface area contributed by atoms with E-state index in [9.17, 15) is 26.3 Å². The summed E-state index contributed by atoms with van der Waals surface area (Å²) < 4.78 is 82.4. The van der Waals surface area contributed by atoms with Crippen molar-refractivity contribution in [3.63, 3.8) is 0 Å². The lowest BCUT2D eigenvalue weighted by molar-refractivity contribution is -0.286. The minimum atomic E-state index is -5.36. The SMILES string of the molecule is CCc1c(C)nc2c(OCCC(C(F)(F)F)C(F)(F)F)cc(C)cn12. The lowest BCUT2D eigenvalue weighted by Crippen LogP contribution is -2.37. The fraction of sp³-hybridized carbons (Fsp3) is 0.562. The van der Waals surface area contributed by atoms with Crippen molar-refractivity contribution >= 4 is 5.65 Å². The number of fused-ring (bicyclic) bond motifs is 1. The third kappa shape index (κ3) is 4.19. The molecule has 0 unspecified atom stereocenters. The molecule has 3 nitrogen and oxygen atoms in total. The molecule has 0 amide bonds. The highest BCUT2D eigenvalue weighted by atomic mass is 19.4. The Morgan fingerprint density at radius 1 is 1.12 bits per heavy atom. The van der Waals surface area contributed by atoms with Gasteiger partial charge < -0.3 is 9.14 Å². The Labute approximate surface area is 140 Å². The van der Waals surface area contributed by atoms with E-state index in [0.717, 1.165) is 17.0 Å². The number of hydrogen-bond donors (Lipinski definition) is 0. The van der Waals surface area contributed by atoms with Gasteiger partial charge in [-0.05, 0) is 31.9 Å². The lowest BCUT2D eigenvalue weighted by Gasteiger charge is -2.22. The van der Waals surface area contributed by atoms with Crippen LogP contribution in [0.5, 0.6) is 5.75 Å². The second-order valence-electron chi connectivity index (χ2n) is 5.85. The molecule has 0 fully saturated rings. The number of ether oxygens (including phenoxy) is 1. The van der Waals surface area contributed by atoms with Gasteiger partial charge in [-0.1, -0.05) is 6.92 Å². The maximum absolute atomic E-state index is 12.6. The second-order valence-corrected chi connectivity index (χ2v) is 5.85. The van der Waals surface area contributed by atoms with Crippen molar-refractivity contribution in [1.29, 1.82) is 0 Å². The van der Waals surface area contributed by atoms with E-state index in [1.807, 2.05) is 6.92 Å². The lowest BCUT2D eigenvalue weighted by atomic mass is 10.1. The van der Waals surface area contributed by atoms with Crippen LogP contribution in [0.4, 0.5) is 26.3 Å². The van der Waals surface area contributed by atoms with Gasteiger partial charge >= 0.3 is 12.4 Å². The van der Waals surface area contributed by atoms with Crippen LogP contribution in [0, 0.1) is 19.8 Å². The molecule has 0 saturated heterocycles. The fourth-order valence-electron chi connectivity index (χ4n) is 2.74. The molecule has 0 aromatic carbocycles. The van der Waals surface area contributed by atoms with Crippen LogP contribution in [0.25, 0.3) is 5.65 Å². The molecule has 0 bridgehead atoms. The summed E-state index contributed by atoms with van der Waals surface area (Å²) in [5.74, 6) is -3.24. The van der Waals surface area contributed by atoms with Crippen molar-refractivity contribution in [3.8, 4) is 5.75 Å². The molecule has 2 heterocycles. The minimum absolute atomic E-state index is 0.172. The molecule has 0 saturated carbocycles. The maximum atomic E-state index is 12.6. The molecule has 2 rings (SSSR count). The molecule has 0 spiro atoms. The molecule has 0 aliphatic heterocycles. The number of aromatic nitrogens is 2. The van der Waals surface area contributed by atoms with Crippen molar-refractivity contribution in [2.24, 2.45) is 5.92 Å². The summed E-state index contributed by atoms with van der Waals surface area (Å²) in [6.45, 7) is 4.76. The molecule has 25 heavy (non-hydrogen) atoms. The van der Waals surface area contributed by atoms with E-state index >= 15 is 0 Å². The Morgan fingerprint density at radius 3 is 2.24 bits per heavy atom. The van der Waals surface area contributed by atoms with Gasteiger partial charge in [-0.25, -0.2) is 4.98 Å². The molecule has 140 valence electrons. The summed E-state index contributed by atoms with van der Waals surface area (Å²) in [5, 5.41) is 0. The Kier molecular flexibility index (Phi) is 5.24. The van der Waals surface area contributed by atoms with E-state index in [4.69, 9.17) is 4.74 Å². The van der Waals surface area contributed by atoms with Crippen molar-refractivity contribution in [3.05, 3.63) is 29.2 Å². The number of imidazole rings is 1. The van der Waals surface area contributed by atoms with E-state index in [-0.39, 0.29) is 5.75 Å². The molecule has 0 aliphatic carbocycles. The average Bonchev–Trinajstić information content (AvgIpc) is 2.75. The number of aryl methyl sites for hydroxylation is 3. The van der Waals surface area contributed by atoms with Gasteiger partial charge in [0.1, 0.15) is 0 Å². The van der Waals surface area contributed by atoms with Gasteiger partial charge in [0, 0.05) is 18.3 Å². The molecule has 2 aromatic heterocycles. The minimum Gasteiger partial charge on any atom is -0.490 e. The van der Waals surface area contributed by atoms with Crippen LogP contribution >= 0.6 is 0 Å². The van der Waals surface area contributed by atoms with E-state index in [1.165, 1.54) is 0 Å². The normalized spacial score (nSPS) is 13.0. The zero-order chi connectivity index (χ0) is 19.0. The summed E-state index contributed by atoms with van der Waals surface area (Å²) in [5.41, 5.74) is 2.79. The topological polar surface area (TPSA) is 26.5 Å². The van der Waals surface area contributed by atoms with Gasteiger partial charge in [-0.2, -0.15) is 26.3 Å². The quantitative estimate of drug-likeness (QED) is 0.693. The van der Waals surface area contributed by atoms with Crippen LogP contribution in [-0.2, 0) is 6.42 Å². The Hall–Kier alpha value is -1.93. The first-order chi connectivity index (χ1) is 11.4. The highest BCUT2D eigenvalue weighted by Gasteiger charge is 2.56. The Balaban J connectivity index is 2.24. The number of hydrogen-bond acceptors (Lipinski definition) is 2. The smallest absolute Gasteiger partial charge is 0.400 e. The third-order valence-corrected chi connectivity index (χ3v) is 3.91. The van der Waals surface area contributed by atoms with Crippen LogP contribution < -0.4 is 4.74 Å². The molecule has 9 heteroatoms. The van der Waals surface area contributed by atoms with E-state index in [2.05, 4.69) is 4.98 Å². The zero-order valence-corrected chi connectivity index (χ0v) is 13.9. The molecular formula is C16H18F6N2O. The average molecular weight is 368 g/mol. The molecular weight excluding hydrogens is 350 g/mol. The molecule has 0 radical (unpaired) electrons. The van der Waals surface area contributed by atoms with Crippen molar-refractivity contribution in [2.75, 3.05) is 6.61 Å². The largest absolute Gasteiger partial charge is 0.490 e. The van der Waals surface area contributed by atoms with Crippen molar-refractivity contribution in [1.82, 2.24) is 9.38 Å². The first-order valence-electron chi connectivity index (χ1n) is 7.69. The number of alkyl halides is 6. The number of rotatable bonds is 5. The van der Waals surface area contributed by atoms with E-state index in [1.54, 1.807) is 30.5 Å². The third-order valence-electron chi connectivity index (χ3n) is 3.91. The highest BCUT2D eigenvalue weighted by molar-refractivity contribution is 5.57. The summed E-state index contributed by atoms with van der Waals surface area (Å²) >= 11 is 0. The van der Waals surface area contributed by atoms with Crippen LogP contribution in [0.15, 0.2) is 12.3 Å². The molecule has 0 aliphatic rings.